The molecule has 1 fully saturated rings. The molecule has 0 saturated carbocycles. The SMILES string of the molecule is CCCCn1c(=O)[nH]c(=O)c2c1nc(CSc1nnc(N3CCOCC3)n1CC(C)C)n2C. The van der Waals surface area contributed by atoms with Crippen molar-refractivity contribution in [2.75, 3.05) is 31.2 Å². The minimum atomic E-state index is -0.412. The second kappa shape index (κ2) is 10.1. The summed E-state index contributed by atoms with van der Waals surface area (Å²) < 4.78 is 11.0. The van der Waals surface area contributed by atoms with Gasteiger partial charge in [0.25, 0.3) is 5.56 Å². The van der Waals surface area contributed by atoms with E-state index in [0.717, 1.165) is 43.6 Å². The van der Waals surface area contributed by atoms with Crippen molar-refractivity contribution in [3.8, 4) is 0 Å². The summed E-state index contributed by atoms with van der Waals surface area (Å²) in [5.41, 5.74) is 0.0311. The van der Waals surface area contributed by atoms with Crippen LogP contribution in [-0.2, 0) is 30.6 Å². The Labute approximate surface area is 196 Å². The van der Waals surface area contributed by atoms with Crippen LogP contribution in [0.4, 0.5) is 5.95 Å². The molecular weight excluding hydrogens is 444 g/mol. The Hall–Kier alpha value is -2.60. The highest BCUT2D eigenvalue weighted by molar-refractivity contribution is 7.98. The number of unbranched alkanes of at least 4 members (excludes halogenated alkanes) is 1. The predicted octanol–water partition coefficient (Wildman–Crippen LogP) is 1.60. The lowest BCUT2D eigenvalue weighted by atomic mass is 10.2. The predicted molar refractivity (Wildman–Crippen MR) is 128 cm³/mol. The number of nitrogens with one attached hydrogen (secondary N) is 1. The van der Waals surface area contributed by atoms with Gasteiger partial charge in [-0.1, -0.05) is 39.0 Å². The van der Waals surface area contributed by atoms with Gasteiger partial charge in [0.05, 0.1) is 19.0 Å². The number of anilines is 1. The fraction of sp³-hybridized carbons (Fsp3) is 0.667. The van der Waals surface area contributed by atoms with Gasteiger partial charge in [0.2, 0.25) is 5.95 Å². The van der Waals surface area contributed by atoms with E-state index < -0.39 is 11.2 Å². The number of morpholine rings is 1. The summed E-state index contributed by atoms with van der Waals surface area (Å²) in [5, 5.41) is 9.76. The van der Waals surface area contributed by atoms with Crippen LogP contribution in [0.3, 0.4) is 0 Å². The van der Waals surface area contributed by atoms with Crippen LogP contribution in [0, 0.1) is 5.92 Å². The topological polar surface area (TPSA) is 116 Å². The Morgan fingerprint density at radius 3 is 2.61 bits per heavy atom. The van der Waals surface area contributed by atoms with Gasteiger partial charge in [-0.3, -0.25) is 18.9 Å². The van der Waals surface area contributed by atoms with Gasteiger partial charge < -0.3 is 14.2 Å². The Balaban J connectivity index is 1.64. The van der Waals surface area contributed by atoms with E-state index in [1.807, 2.05) is 7.05 Å². The number of aryl methyl sites for hydroxylation is 2. The first-order valence-electron chi connectivity index (χ1n) is 11.5. The summed E-state index contributed by atoms with van der Waals surface area (Å²) in [6, 6.07) is 0. The highest BCUT2D eigenvalue weighted by Gasteiger charge is 2.22. The van der Waals surface area contributed by atoms with Crippen LogP contribution >= 0.6 is 11.8 Å². The molecule has 33 heavy (non-hydrogen) atoms. The van der Waals surface area contributed by atoms with Gasteiger partial charge in [-0.2, -0.15) is 0 Å². The van der Waals surface area contributed by atoms with Gasteiger partial charge >= 0.3 is 5.69 Å². The maximum Gasteiger partial charge on any atom is 0.330 e. The zero-order valence-corrected chi connectivity index (χ0v) is 20.5. The average molecular weight is 477 g/mol. The maximum atomic E-state index is 12.5. The molecule has 0 bridgehead atoms. The molecule has 4 rings (SSSR count). The molecule has 3 aromatic heterocycles. The fourth-order valence-electron chi connectivity index (χ4n) is 3.98. The summed E-state index contributed by atoms with van der Waals surface area (Å²) >= 11 is 1.54. The van der Waals surface area contributed by atoms with Crippen molar-refractivity contribution in [1.29, 1.82) is 0 Å². The number of thioether (sulfide) groups is 1. The number of aromatic nitrogens is 7. The minimum Gasteiger partial charge on any atom is -0.378 e. The summed E-state index contributed by atoms with van der Waals surface area (Å²) in [6.07, 6.45) is 1.78. The number of fused-ring (bicyclic) bond motifs is 1. The van der Waals surface area contributed by atoms with E-state index in [1.165, 1.54) is 11.8 Å². The van der Waals surface area contributed by atoms with Gasteiger partial charge in [0.1, 0.15) is 5.82 Å². The fourth-order valence-corrected chi connectivity index (χ4v) is 4.91. The van der Waals surface area contributed by atoms with E-state index in [9.17, 15) is 9.59 Å². The van der Waals surface area contributed by atoms with Gasteiger partial charge in [0.15, 0.2) is 16.3 Å². The molecule has 4 heterocycles. The number of hydrogen-bond donors (Lipinski definition) is 1. The zero-order chi connectivity index (χ0) is 23.5. The molecule has 0 aliphatic carbocycles. The van der Waals surface area contributed by atoms with E-state index in [1.54, 1.807) is 9.13 Å². The minimum absolute atomic E-state index is 0.411. The van der Waals surface area contributed by atoms with E-state index in [0.29, 0.717) is 48.4 Å². The Morgan fingerprint density at radius 1 is 1.15 bits per heavy atom. The van der Waals surface area contributed by atoms with Crippen molar-refractivity contribution in [1.82, 2.24) is 33.9 Å². The lowest BCUT2D eigenvalue weighted by Gasteiger charge is -2.28. The van der Waals surface area contributed by atoms with Crippen molar-refractivity contribution in [2.45, 2.75) is 57.6 Å². The molecule has 3 aromatic rings. The number of nitrogens with zero attached hydrogens (tertiary/aromatic N) is 7. The van der Waals surface area contributed by atoms with Gasteiger partial charge in [-0.05, 0) is 12.3 Å². The summed E-state index contributed by atoms with van der Waals surface area (Å²) in [4.78, 5) is 34.2. The van der Waals surface area contributed by atoms with Crippen LogP contribution in [0.5, 0.6) is 0 Å². The van der Waals surface area contributed by atoms with Gasteiger partial charge in [0, 0.05) is 33.2 Å². The van der Waals surface area contributed by atoms with Crippen LogP contribution in [0.15, 0.2) is 14.7 Å². The smallest absolute Gasteiger partial charge is 0.330 e. The third kappa shape index (κ3) is 4.86. The number of H-pyrrole nitrogens is 1. The Bertz CT molecular complexity index is 1220. The lowest BCUT2D eigenvalue weighted by Crippen LogP contribution is -2.38. The number of hydrogen-bond acceptors (Lipinski definition) is 8. The van der Waals surface area contributed by atoms with Crippen LogP contribution in [0.25, 0.3) is 11.2 Å². The zero-order valence-electron chi connectivity index (χ0n) is 19.7. The van der Waals surface area contributed by atoms with Crippen molar-refractivity contribution >= 4 is 28.9 Å². The molecule has 1 aliphatic heterocycles. The van der Waals surface area contributed by atoms with Crippen molar-refractivity contribution < 1.29 is 4.74 Å². The molecule has 0 aromatic carbocycles. The van der Waals surface area contributed by atoms with Crippen molar-refractivity contribution in [3.63, 3.8) is 0 Å². The van der Waals surface area contributed by atoms with E-state index in [4.69, 9.17) is 4.74 Å². The first kappa shape index (κ1) is 23.6. The van der Waals surface area contributed by atoms with E-state index in [-0.39, 0.29) is 0 Å². The molecule has 0 unspecified atom stereocenters. The second-order valence-corrected chi connectivity index (χ2v) is 9.64. The normalized spacial score (nSPS) is 14.6. The van der Waals surface area contributed by atoms with Crippen LogP contribution in [-0.4, -0.2) is 60.2 Å². The molecule has 0 radical (unpaired) electrons. The molecule has 180 valence electrons. The molecule has 1 saturated heterocycles. The highest BCUT2D eigenvalue weighted by Crippen LogP contribution is 2.27. The summed E-state index contributed by atoms with van der Waals surface area (Å²) in [7, 11) is 1.81. The third-order valence-electron chi connectivity index (χ3n) is 5.71. The quantitative estimate of drug-likeness (QED) is 0.463. The van der Waals surface area contributed by atoms with Crippen molar-refractivity contribution in [2.24, 2.45) is 13.0 Å². The number of imidazole rings is 1. The Morgan fingerprint density at radius 2 is 1.91 bits per heavy atom. The monoisotopic (exact) mass is 476 g/mol. The first-order chi connectivity index (χ1) is 15.9. The molecule has 12 heteroatoms. The molecule has 0 atom stereocenters. The van der Waals surface area contributed by atoms with Gasteiger partial charge in [-0.25, -0.2) is 9.78 Å². The molecule has 1 N–H and O–H groups in total. The largest absolute Gasteiger partial charge is 0.378 e. The number of rotatable bonds is 9. The van der Waals surface area contributed by atoms with E-state index in [2.05, 4.69) is 50.4 Å². The summed E-state index contributed by atoms with van der Waals surface area (Å²) in [5.74, 6) is 2.52. The third-order valence-corrected chi connectivity index (χ3v) is 6.67. The molecule has 1 aliphatic rings. The van der Waals surface area contributed by atoms with Gasteiger partial charge in [-0.15, -0.1) is 10.2 Å². The molecular formula is C21H32N8O3S. The van der Waals surface area contributed by atoms with Crippen LogP contribution < -0.4 is 16.1 Å². The second-order valence-electron chi connectivity index (χ2n) is 8.70. The van der Waals surface area contributed by atoms with E-state index >= 15 is 0 Å². The Kier molecular flexibility index (Phi) is 7.23. The average Bonchev–Trinajstić information content (AvgIpc) is 3.33. The standard InChI is InChI=1S/C21H32N8O3S/c1-5-6-7-28-17-16(18(30)23-20(28)31)26(4)15(22-17)13-33-21-25-24-19(29(21)12-14(2)3)27-8-10-32-11-9-27/h14H,5-13H2,1-4H3,(H,23,30,31). The molecule has 11 nitrogen and oxygen atoms in total. The summed E-state index contributed by atoms with van der Waals surface area (Å²) in [6.45, 7) is 10.7. The molecule has 0 amide bonds. The first-order valence-corrected chi connectivity index (χ1v) is 12.5. The highest BCUT2D eigenvalue weighted by atomic mass is 32.2. The van der Waals surface area contributed by atoms with Crippen LogP contribution in [0.2, 0.25) is 0 Å². The number of ether oxygens (including phenoxy) is 1. The number of aromatic amines is 1. The van der Waals surface area contributed by atoms with Crippen molar-refractivity contribution in [3.05, 3.63) is 26.7 Å². The lowest BCUT2D eigenvalue weighted by molar-refractivity contribution is 0.121. The maximum absolute atomic E-state index is 12.5. The molecule has 0 spiro atoms. The van der Waals surface area contributed by atoms with Crippen LogP contribution in [0.1, 0.15) is 39.4 Å².